The number of thioether (sulfide) groups is 1. The molecule has 0 unspecified atom stereocenters. The molecule has 4 aromatic rings. The van der Waals surface area contributed by atoms with Gasteiger partial charge in [0, 0.05) is 58.5 Å². The van der Waals surface area contributed by atoms with Crippen LogP contribution in [0.25, 0.3) is 21.8 Å². The van der Waals surface area contributed by atoms with Gasteiger partial charge in [-0.05, 0) is 60.4 Å². The number of carbonyl (C=O) groups is 10. The van der Waals surface area contributed by atoms with E-state index >= 15 is 0 Å². The summed E-state index contributed by atoms with van der Waals surface area (Å²) >= 11 is 9.76. The standard InChI is InChI=1S/C52H74N12O12S3/c1-7-26(4)42(63-44(67)32(53)23-77)50(73)60-38(20-40(54)66)47(70)57-35(16-17-79-6)45(68)58-36(18-28-21-55-33-14-10-8-12-30(28)33)46(69)61-39(24-78)49(72)59-37(19-29-22-56-34-15-11-9-13-31(29)34)48(71)64-43(27(5)65)51(74)62-41(25(2)3)52(75)76/h8-15,21-22,25-27,32,35-39,41-43,55-56,65,77-78H,7,16-20,23-24,53H2,1-6H3,(H2,54,66)(H,57,70)(H,58,68)(H,59,72)(H,60,73)(H,61,69)(H,62,74)(H,63,67)(H,64,71)(H,75,76)/t26-,27+,32-,35-,36-,37-,38-,39-,41-,42-,43-/m0/s1. The third-order valence-electron chi connectivity index (χ3n) is 13.2. The largest absolute Gasteiger partial charge is 0.480 e. The summed E-state index contributed by atoms with van der Waals surface area (Å²) in [6.45, 7) is 7.81. The number of hydrogen-bond donors (Lipinski definition) is 16. The topological polar surface area (TPSA) is 391 Å². The maximum absolute atomic E-state index is 14.6. The summed E-state index contributed by atoms with van der Waals surface area (Å²) in [4.78, 5) is 142. The van der Waals surface area contributed by atoms with Crippen molar-refractivity contribution in [1.82, 2.24) is 52.5 Å². The van der Waals surface area contributed by atoms with Crippen molar-refractivity contribution < 1.29 is 58.2 Å². The van der Waals surface area contributed by atoms with Gasteiger partial charge in [-0.3, -0.25) is 43.2 Å². The van der Waals surface area contributed by atoms with Crippen LogP contribution in [-0.4, -0.2) is 163 Å². The number of amides is 9. The van der Waals surface area contributed by atoms with E-state index in [0.29, 0.717) is 45.1 Å². The van der Waals surface area contributed by atoms with Crippen molar-refractivity contribution in [3.05, 3.63) is 72.1 Å². The van der Waals surface area contributed by atoms with Gasteiger partial charge in [-0.2, -0.15) is 37.0 Å². The van der Waals surface area contributed by atoms with Crippen LogP contribution in [0, 0.1) is 11.8 Å². The van der Waals surface area contributed by atoms with Crippen LogP contribution in [0.2, 0.25) is 0 Å². The number of aromatic amines is 2. The van der Waals surface area contributed by atoms with Gasteiger partial charge in [0.15, 0.2) is 0 Å². The van der Waals surface area contributed by atoms with Crippen molar-refractivity contribution in [2.45, 2.75) is 127 Å². The number of thiol groups is 2. The van der Waals surface area contributed by atoms with Gasteiger partial charge in [-0.25, -0.2) is 4.79 Å². The zero-order valence-electron chi connectivity index (χ0n) is 44.8. The summed E-state index contributed by atoms with van der Waals surface area (Å²) in [5.74, 6) is -10.5. The van der Waals surface area contributed by atoms with E-state index < -0.39 is 138 Å². The highest BCUT2D eigenvalue weighted by molar-refractivity contribution is 7.98. The fraction of sp³-hybridized carbons (Fsp3) is 0.500. The van der Waals surface area contributed by atoms with Gasteiger partial charge in [-0.15, -0.1) is 0 Å². The maximum atomic E-state index is 14.6. The fourth-order valence-corrected chi connectivity index (χ4v) is 9.27. The summed E-state index contributed by atoms with van der Waals surface area (Å²) in [5.41, 5.74) is 13.9. The second kappa shape index (κ2) is 31.1. The minimum Gasteiger partial charge on any atom is -0.480 e. The molecule has 0 spiro atoms. The van der Waals surface area contributed by atoms with E-state index in [0.717, 1.165) is 0 Å². The van der Waals surface area contributed by atoms with Crippen molar-refractivity contribution >= 4 is 118 Å². The lowest BCUT2D eigenvalue weighted by atomic mass is 9.97. The lowest BCUT2D eigenvalue weighted by Crippen LogP contribution is -2.62. The predicted octanol–water partition coefficient (Wildman–Crippen LogP) is -0.704. The van der Waals surface area contributed by atoms with Crippen molar-refractivity contribution in [1.29, 1.82) is 0 Å². The van der Waals surface area contributed by atoms with Gasteiger partial charge in [0.2, 0.25) is 53.2 Å². The molecular formula is C52H74N12O12S3. The molecule has 16 N–H and O–H groups in total. The van der Waals surface area contributed by atoms with Gasteiger partial charge in [0.1, 0.15) is 48.3 Å². The van der Waals surface area contributed by atoms with E-state index in [1.807, 2.05) is 0 Å². The molecule has 0 fully saturated rings. The summed E-state index contributed by atoms with van der Waals surface area (Å²) in [7, 11) is 0. The minimum atomic E-state index is -1.67. The van der Waals surface area contributed by atoms with Crippen molar-refractivity contribution in [3.63, 3.8) is 0 Å². The maximum Gasteiger partial charge on any atom is 0.326 e. The molecular weight excluding hydrogens is 1080 g/mol. The number of hydrogen-bond acceptors (Lipinski definition) is 15. The summed E-state index contributed by atoms with van der Waals surface area (Å²) in [6, 6.07) is 1.58. The highest BCUT2D eigenvalue weighted by Gasteiger charge is 2.37. The fourth-order valence-electron chi connectivity index (χ4n) is 8.38. The van der Waals surface area contributed by atoms with Crippen LogP contribution in [0.3, 0.4) is 0 Å². The molecule has 9 amide bonds. The minimum absolute atomic E-state index is 0.0123. The van der Waals surface area contributed by atoms with E-state index in [-0.39, 0.29) is 30.8 Å². The number of benzene rings is 2. The normalized spacial score (nSPS) is 15.6. The number of aliphatic hydroxyl groups is 1. The molecule has 0 bridgehead atoms. The molecule has 0 aliphatic heterocycles. The van der Waals surface area contributed by atoms with Crippen LogP contribution < -0.4 is 54.0 Å². The molecule has 0 aliphatic carbocycles. The number of carboxylic acid groups (broad SMARTS) is 1. The number of fused-ring (bicyclic) bond motifs is 2. The average Bonchev–Trinajstić information content (AvgIpc) is 4.05. The SMILES string of the molecule is CC[C@H](C)[C@H](NC(=O)[C@@H](N)CS)C(=O)N[C@@H](CC(N)=O)C(=O)N[C@@H](CCSC)C(=O)N[C@@H](Cc1c[nH]c2ccccc12)C(=O)N[C@@H](CS)C(=O)N[C@@H](Cc1c[nH]c2ccccc12)C(=O)N[C@H](C(=O)N[C@H](C(=O)O)C(C)C)[C@@H](C)O. The molecule has 0 aliphatic rings. The molecule has 432 valence electrons. The van der Waals surface area contributed by atoms with Gasteiger partial charge < -0.3 is 74.2 Å². The molecule has 0 radical (unpaired) electrons. The zero-order chi connectivity index (χ0) is 58.7. The van der Waals surface area contributed by atoms with Crippen molar-refractivity contribution in [3.8, 4) is 0 Å². The molecule has 79 heavy (non-hydrogen) atoms. The molecule has 27 heteroatoms. The quantitative estimate of drug-likeness (QED) is 0.0269. The lowest BCUT2D eigenvalue weighted by Gasteiger charge is -2.29. The highest BCUT2D eigenvalue weighted by atomic mass is 32.2. The monoisotopic (exact) mass is 1150 g/mol. The van der Waals surface area contributed by atoms with Crippen molar-refractivity contribution in [2.24, 2.45) is 23.3 Å². The number of aliphatic hydroxyl groups excluding tert-OH is 1. The number of carbonyl (C=O) groups excluding carboxylic acids is 9. The second-order valence-corrected chi connectivity index (χ2v) is 21.2. The Morgan fingerprint density at radius 2 is 1.01 bits per heavy atom. The Hall–Kier alpha value is -6.81. The number of rotatable bonds is 32. The van der Waals surface area contributed by atoms with Gasteiger partial charge in [0.25, 0.3) is 0 Å². The Labute approximate surface area is 472 Å². The van der Waals surface area contributed by atoms with Crippen LogP contribution in [-0.2, 0) is 60.8 Å². The first-order chi connectivity index (χ1) is 37.4. The number of nitrogens with one attached hydrogen (secondary N) is 10. The average molecular weight is 1160 g/mol. The Balaban J connectivity index is 1.65. The Morgan fingerprint density at radius 3 is 1.48 bits per heavy atom. The van der Waals surface area contributed by atoms with E-state index in [1.54, 1.807) is 94.9 Å². The molecule has 0 saturated heterocycles. The number of carboxylic acids is 1. The molecule has 2 aromatic carbocycles. The van der Waals surface area contributed by atoms with E-state index in [9.17, 15) is 58.2 Å². The first-order valence-electron chi connectivity index (χ1n) is 25.6. The summed E-state index contributed by atoms with van der Waals surface area (Å²) < 4.78 is 0. The number of primary amides is 1. The Kier molecular flexibility index (Phi) is 25.5. The van der Waals surface area contributed by atoms with Crippen LogP contribution in [0.1, 0.15) is 65.0 Å². The molecule has 2 aromatic heterocycles. The molecule has 2 heterocycles. The first kappa shape index (κ1) is 64.7. The van der Waals surface area contributed by atoms with Crippen LogP contribution in [0.4, 0.5) is 0 Å². The second-order valence-electron chi connectivity index (χ2n) is 19.5. The number of para-hydroxylation sites is 2. The molecule has 24 nitrogen and oxygen atoms in total. The number of nitrogens with two attached hydrogens (primary N) is 2. The molecule has 0 saturated carbocycles. The van der Waals surface area contributed by atoms with Gasteiger partial charge >= 0.3 is 5.97 Å². The Bertz CT molecular complexity index is 2790. The van der Waals surface area contributed by atoms with E-state index in [4.69, 9.17) is 11.5 Å². The highest BCUT2D eigenvalue weighted by Crippen LogP contribution is 2.22. The third-order valence-corrected chi connectivity index (χ3v) is 14.6. The smallest absolute Gasteiger partial charge is 0.326 e. The van der Waals surface area contributed by atoms with Gasteiger partial charge in [0.05, 0.1) is 18.6 Å². The van der Waals surface area contributed by atoms with E-state index in [1.165, 1.54) is 18.7 Å². The zero-order valence-corrected chi connectivity index (χ0v) is 47.4. The van der Waals surface area contributed by atoms with Gasteiger partial charge in [-0.1, -0.05) is 70.5 Å². The Morgan fingerprint density at radius 1 is 0.582 bits per heavy atom. The number of aliphatic carboxylic acids is 1. The van der Waals surface area contributed by atoms with Crippen molar-refractivity contribution in [2.75, 3.05) is 23.5 Å². The van der Waals surface area contributed by atoms with Crippen LogP contribution in [0.15, 0.2) is 60.9 Å². The number of aromatic nitrogens is 2. The lowest BCUT2D eigenvalue weighted by molar-refractivity contribution is -0.144. The van der Waals surface area contributed by atoms with Crippen LogP contribution in [0.5, 0.6) is 0 Å². The molecule has 4 rings (SSSR count). The van der Waals surface area contributed by atoms with E-state index in [2.05, 4.69) is 77.8 Å². The first-order valence-corrected chi connectivity index (χ1v) is 28.3. The number of H-pyrrole nitrogens is 2. The summed E-state index contributed by atoms with van der Waals surface area (Å²) in [6.07, 6.45) is 2.85. The third kappa shape index (κ3) is 18.6. The molecule has 11 atom stereocenters. The van der Waals surface area contributed by atoms with Crippen LogP contribution >= 0.6 is 37.0 Å². The predicted molar refractivity (Wildman–Crippen MR) is 306 cm³/mol. The summed E-state index contributed by atoms with van der Waals surface area (Å²) in [5, 5.41) is 42.3.